The number of hydrogen-bond donors (Lipinski definition) is 0. The second-order valence-electron chi connectivity index (χ2n) is 24.5. The zero-order chi connectivity index (χ0) is 59.2. The molecular formula is C76H138O6. The molecule has 0 aromatic rings. The Morgan fingerprint density at radius 3 is 0.695 bits per heavy atom. The highest BCUT2D eigenvalue weighted by Crippen LogP contribution is 2.18. The number of carbonyl (C=O) groups excluding carboxylic acids is 3. The van der Waals surface area contributed by atoms with Crippen LogP contribution in [0, 0.1) is 0 Å². The van der Waals surface area contributed by atoms with Crippen molar-refractivity contribution in [1.82, 2.24) is 0 Å². The van der Waals surface area contributed by atoms with E-state index in [0.29, 0.717) is 19.3 Å². The summed E-state index contributed by atoms with van der Waals surface area (Å²) in [6, 6.07) is 0. The summed E-state index contributed by atoms with van der Waals surface area (Å²) in [5.41, 5.74) is 0. The SMILES string of the molecule is CCCCCC/C=C\C/C=C\CCCCCCCC(=O)OCC(COC(=O)CCCCCCCCCCCCCCCCCCCCCCCCCCC)OC(=O)CCCCCCCCCC/C=C\C/C=C\C/C=C\CCCCCCC. The van der Waals surface area contributed by atoms with Gasteiger partial charge in [0, 0.05) is 19.3 Å². The maximum Gasteiger partial charge on any atom is 0.306 e. The summed E-state index contributed by atoms with van der Waals surface area (Å²) >= 11 is 0. The van der Waals surface area contributed by atoms with Crippen LogP contribution < -0.4 is 0 Å². The summed E-state index contributed by atoms with van der Waals surface area (Å²) in [6.45, 7) is 6.66. The van der Waals surface area contributed by atoms with E-state index >= 15 is 0 Å². The molecule has 82 heavy (non-hydrogen) atoms. The molecule has 0 rings (SSSR count). The van der Waals surface area contributed by atoms with E-state index in [-0.39, 0.29) is 31.1 Å². The molecule has 0 aromatic heterocycles. The zero-order valence-electron chi connectivity index (χ0n) is 55.0. The minimum absolute atomic E-state index is 0.0782. The van der Waals surface area contributed by atoms with Gasteiger partial charge in [-0.05, 0) is 89.9 Å². The first-order chi connectivity index (χ1) is 40.5. The number of allylic oxidation sites excluding steroid dienone is 10. The van der Waals surface area contributed by atoms with Gasteiger partial charge in [0.2, 0.25) is 0 Å². The van der Waals surface area contributed by atoms with Crippen LogP contribution in [0.5, 0.6) is 0 Å². The van der Waals surface area contributed by atoms with Crippen LogP contribution >= 0.6 is 0 Å². The first-order valence-electron chi connectivity index (χ1n) is 36.3. The van der Waals surface area contributed by atoms with Crippen molar-refractivity contribution in [2.45, 2.75) is 393 Å². The predicted octanol–water partition coefficient (Wildman–Crippen LogP) is 25.1. The molecule has 0 amide bonds. The predicted molar refractivity (Wildman–Crippen MR) is 358 cm³/mol. The highest BCUT2D eigenvalue weighted by molar-refractivity contribution is 5.71. The first-order valence-corrected chi connectivity index (χ1v) is 36.3. The number of rotatable bonds is 67. The van der Waals surface area contributed by atoms with Gasteiger partial charge in [-0.25, -0.2) is 0 Å². The van der Waals surface area contributed by atoms with E-state index in [0.717, 1.165) is 96.3 Å². The van der Waals surface area contributed by atoms with Crippen LogP contribution in [-0.4, -0.2) is 37.2 Å². The Kier molecular flexibility index (Phi) is 68.1. The molecule has 6 heteroatoms. The van der Waals surface area contributed by atoms with Crippen molar-refractivity contribution in [1.29, 1.82) is 0 Å². The summed E-state index contributed by atoms with van der Waals surface area (Å²) in [5.74, 6) is -0.875. The number of hydrogen-bond acceptors (Lipinski definition) is 6. The minimum atomic E-state index is -0.785. The molecule has 0 aromatic carbocycles. The van der Waals surface area contributed by atoms with E-state index in [2.05, 4.69) is 81.5 Å². The van der Waals surface area contributed by atoms with E-state index in [1.54, 1.807) is 0 Å². The molecule has 0 N–H and O–H groups in total. The standard InChI is InChI=1S/C76H138O6/c1-4-7-10-13-16-19-22-25-28-31-33-35-37-38-40-41-43-45-48-51-54-57-60-63-66-69-75(78)81-72-73(71-80-74(77)68-65-62-59-56-53-50-47-30-27-24-21-18-15-12-9-6-3)82-76(79)70-67-64-61-58-55-52-49-46-44-42-39-36-34-32-29-26-23-20-17-14-11-8-5-2/h21,23-24,26,30,32,34,39,42,47,73H,4-20,22,25,27-29,31,33,35-38,40-41,43-46,48-72H2,1-3H3/b24-21-,26-23-,34-32-,42-39-,47-30-. The fourth-order valence-corrected chi connectivity index (χ4v) is 10.8. The maximum atomic E-state index is 13.0. The Hall–Kier alpha value is -2.89. The summed E-state index contributed by atoms with van der Waals surface area (Å²) < 4.78 is 17.0. The molecule has 0 aliphatic rings. The van der Waals surface area contributed by atoms with Crippen molar-refractivity contribution in [3.8, 4) is 0 Å². The van der Waals surface area contributed by atoms with Gasteiger partial charge in [0.05, 0.1) is 0 Å². The van der Waals surface area contributed by atoms with Crippen LogP contribution in [0.2, 0.25) is 0 Å². The third-order valence-electron chi connectivity index (χ3n) is 16.2. The van der Waals surface area contributed by atoms with Crippen molar-refractivity contribution in [2.24, 2.45) is 0 Å². The topological polar surface area (TPSA) is 78.9 Å². The second kappa shape index (κ2) is 70.6. The van der Waals surface area contributed by atoms with E-state index in [1.165, 1.54) is 250 Å². The highest BCUT2D eigenvalue weighted by Gasteiger charge is 2.19. The third kappa shape index (κ3) is 67.9. The Balaban J connectivity index is 4.32. The van der Waals surface area contributed by atoms with Crippen LogP contribution in [0.3, 0.4) is 0 Å². The van der Waals surface area contributed by atoms with Gasteiger partial charge in [-0.15, -0.1) is 0 Å². The lowest BCUT2D eigenvalue weighted by Gasteiger charge is -2.18. The highest BCUT2D eigenvalue weighted by atomic mass is 16.6. The van der Waals surface area contributed by atoms with Gasteiger partial charge in [-0.3, -0.25) is 14.4 Å². The van der Waals surface area contributed by atoms with Gasteiger partial charge >= 0.3 is 17.9 Å². The number of unbranched alkanes of at least 4 members (excludes halogenated alkanes) is 46. The van der Waals surface area contributed by atoms with Gasteiger partial charge in [0.15, 0.2) is 6.10 Å². The monoisotopic (exact) mass is 1150 g/mol. The van der Waals surface area contributed by atoms with Gasteiger partial charge in [0.1, 0.15) is 13.2 Å². The van der Waals surface area contributed by atoms with E-state index in [1.807, 2.05) is 0 Å². The fourth-order valence-electron chi connectivity index (χ4n) is 10.8. The third-order valence-corrected chi connectivity index (χ3v) is 16.2. The lowest BCUT2D eigenvalue weighted by Crippen LogP contribution is -2.30. The molecule has 1 unspecified atom stereocenters. The van der Waals surface area contributed by atoms with Crippen LogP contribution in [0.25, 0.3) is 0 Å². The normalized spacial score (nSPS) is 12.4. The largest absolute Gasteiger partial charge is 0.462 e. The van der Waals surface area contributed by atoms with Gasteiger partial charge in [0.25, 0.3) is 0 Å². The summed E-state index contributed by atoms with van der Waals surface area (Å²) in [4.78, 5) is 38.5. The van der Waals surface area contributed by atoms with Crippen LogP contribution in [-0.2, 0) is 28.6 Å². The van der Waals surface area contributed by atoms with Crippen molar-refractivity contribution in [3.05, 3.63) is 60.8 Å². The fraction of sp³-hybridized carbons (Fsp3) is 0.829. The molecule has 478 valence electrons. The number of carbonyl (C=O) groups is 3. The van der Waals surface area contributed by atoms with Gasteiger partial charge in [-0.2, -0.15) is 0 Å². The molecule has 1 atom stereocenters. The maximum absolute atomic E-state index is 13.0. The smallest absolute Gasteiger partial charge is 0.306 e. The zero-order valence-corrected chi connectivity index (χ0v) is 55.0. The lowest BCUT2D eigenvalue weighted by molar-refractivity contribution is -0.167. The van der Waals surface area contributed by atoms with Crippen LogP contribution in [0.15, 0.2) is 60.8 Å². The minimum Gasteiger partial charge on any atom is -0.462 e. The van der Waals surface area contributed by atoms with Gasteiger partial charge in [-0.1, -0.05) is 338 Å². The number of ether oxygens (including phenoxy) is 3. The van der Waals surface area contributed by atoms with Crippen molar-refractivity contribution in [2.75, 3.05) is 13.2 Å². The van der Waals surface area contributed by atoms with Crippen LogP contribution in [0.1, 0.15) is 387 Å². The Labute approximate surface area is 510 Å². The van der Waals surface area contributed by atoms with Gasteiger partial charge < -0.3 is 14.2 Å². The molecule has 0 aliphatic heterocycles. The molecule has 0 spiro atoms. The average Bonchev–Trinajstić information content (AvgIpc) is 3.48. The molecule has 0 aliphatic carbocycles. The molecule has 0 fully saturated rings. The van der Waals surface area contributed by atoms with E-state index < -0.39 is 6.10 Å². The summed E-state index contributed by atoms with van der Waals surface area (Å²) in [5, 5.41) is 0. The molecule has 6 nitrogen and oxygen atoms in total. The Bertz CT molecular complexity index is 1460. The molecule has 0 saturated heterocycles. The van der Waals surface area contributed by atoms with Crippen molar-refractivity contribution >= 4 is 17.9 Å². The first kappa shape index (κ1) is 79.1. The van der Waals surface area contributed by atoms with Crippen molar-refractivity contribution in [3.63, 3.8) is 0 Å². The Morgan fingerprint density at radius 1 is 0.244 bits per heavy atom. The molecule has 0 saturated carbocycles. The summed E-state index contributed by atoms with van der Waals surface area (Å²) in [7, 11) is 0. The van der Waals surface area contributed by atoms with Crippen LogP contribution in [0.4, 0.5) is 0 Å². The quantitative estimate of drug-likeness (QED) is 0.0261. The summed E-state index contributed by atoms with van der Waals surface area (Å²) in [6.07, 6.45) is 91.1. The lowest BCUT2D eigenvalue weighted by atomic mass is 10.0. The molecular weight excluding hydrogens is 1010 g/mol. The Morgan fingerprint density at radius 2 is 0.439 bits per heavy atom. The average molecular weight is 1150 g/mol. The van der Waals surface area contributed by atoms with E-state index in [4.69, 9.17) is 14.2 Å². The molecule has 0 bridgehead atoms. The molecule has 0 heterocycles. The number of esters is 3. The van der Waals surface area contributed by atoms with E-state index in [9.17, 15) is 14.4 Å². The second-order valence-corrected chi connectivity index (χ2v) is 24.5. The van der Waals surface area contributed by atoms with Crippen molar-refractivity contribution < 1.29 is 28.6 Å². The molecule has 0 radical (unpaired) electrons.